The van der Waals surface area contributed by atoms with Crippen molar-refractivity contribution < 1.29 is 61.6 Å². The van der Waals surface area contributed by atoms with E-state index in [1.807, 2.05) is 78.9 Å². The molecule has 0 saturated heterocycles. The summed E-state index contributed by atoms with van der Waals surface area (Å²) in [4.78, 5) is 12.3. The maximum absolute atomic E-state index is 12.3. The first-order valence-electron chi connectivity index (χ1n) is 24.4. The van der Waals surface area contributed by atoms with E-state index in [1.165, 1.54) is 22.3 Å². The van der Waals surface area contributed by atoms with Crippen molar-refractivity contribution in [1.82, 2.24) is 5.32 Å². The van der Waals surface area contributed by atoms with Crippen LogP contribution in [0.2, 0.25) is 0 Å². The zero-order valence-electron chi connectivity index (χ0n) is 40.4. The van der Waals surface area contributed by atoms with Crippen LogP contribution in [0.15, 0.2) is 140 Å². The SMILES string of the molecule is O=C(NCCOCCOCCOCCOCCOCCOCCOCCOCCOCCOCCOC(c1ccccc1)(c1ccccc1)c1ccccc1)OCC1c2ccccc2-c2ccccc21. The number of hydrogen-bond acceptors (Lipinski definition) is 13. The molecular weight excluding hydrogens is 895 g/mol. The first kappa shape index (κ1) is 54.3. The predicted octanol–water partition coefficient (Wildman–Crippen LogP) is 7.70. The van der Waals surface area contributed by atoms with Gasteiger partial charge in [0.25, 0.3) is 0 Å². The first-order chi connectivity index (χ1) is 34.8. The number of amides is 1. The molecule has 1 amide bonds. The second kappa shape index (κ2) is 33.5. The molecule has 1 aliphatic rings. The van der Waals surface area contributed by atoms with Gasteiger partial charge >= 0.3 is 6.09 Å². The minimum absolute atomic E-state index is 0.0317. The van der Waals surface area contributed by atoms with Gasteiger partial charge in [-0.3, -0.25) is 0 Å². The highest BCUT2D eigenvalue weighted by Crippen LogP contribution is 2.44. The lowest BCUT2D eigenvalue weighted by Crippen LogP contribution is -2.34. The molecule has 6 rings (SSSR count). The molecule has 0 fully saturated rings. The van der Waals surface area contributed by atoms with Gasteiger partial charge < -0.3 is 62.2 Å². The average molecular weight is 966 g/mol. The maximum atomic E-state index is 12.3. The monoisotopic (exact) mass is 965 g/mol. The summed E-state index contributed by atoms with van der Waals surface area (Å²) in [6.07, 6.45) is -0.455. The fraction of sp³-hybridized carbons (Fsp3) is 0.446. The zero-order chi connectivity index (χ0) is 48.4. The summed E-state index contributed by atoms with van der Waals surface area (Å²) >= 11 is 0. The molecule has 0 atom stereocenters. The Morgan fingerprint density at radius 3 is 0.986 bits per heavy atom. The summed E-state index contributed by atoms with van der Waals surface area (Å²) in [6, 6.07) is 47.5. The molecule has 0 aliphatic heterocycles. The highest BCUT2D eigenvalue weighted by Gasteiger charge is 2.37. The van der Waals surface area contributed by atoms with Crippen molar-refractivity contribution >= 4 is 6.09 Å². The largest absolute Gasteiger partial charge is 0.449 e. The molecule has 1 aliphatic carbocycles. The molecule has 0 spiro atoms. The Labute approximate surface area is 413 Å². The summed E-state index contributed by atoms with van der Waals surface area (Å²) in [5, 5.41) is 2.75. The van der Waals surface area contributed by atoms with E-state index < -0.39 is 11.7 Å². The first-order valence-corrected chi connectivity index (χ1v) is 24.4. The molecule has 0 saturated carbocycles. The molecular formula is C56H71NO13. The van der Waals surface area contributed by atoms with E-state index >= 15 is 0 Å². The van der Waals surface area contributed by atoms with Crippen LogP contribution in [0, 0.1) is 0 Å². The minimum Gasteiger partial charge on any atom is -0.449 e. The van der Waals surface area contributed by atoms with Gasteiger partial charge in [-0.25, -0.2) is 4.79 Å². The van der Waals surface area contributed by atoms with Crippen LogP contribution in [0.4, 0.5) is 4.79 Å². The van der Waals surface area contributed by atoms with Crippen molar-refractivity contribution in [2.75, 3.05) is 152 Å². The lowest BCUT2D eigenvalue weighted by atomic mass is 9.80. The number of fused-ring (bicyclic) bond motifs is 3. The number of carbonyl (C=O) groups is 1. The number of benzene rings is 5. The van der Waals surface area contributed by atoms with Crippen LogP contribution < -0.4 is 5.32 Å². The Balaban J connectivity index is 0.628. The minimum atomic E-state index is -0.761. The van der Waals surface area contributed by atoms with E-state index in [2.05, 4.69) is 66.0 Å². The number of carbonyl (C=O) groups excluding carboxylic acids is 1. The standard InChI is InChI=1S/C56H71NO13/c58-55(69-46-54-52-22-12-10-20-50(52)51-21-11-13-23-53(51)54)57-24-25-59-26-27-60-28-29-61-30-31-62-32-33-63-34-35-64-36-37-65-38-39-66-40-41-67-42-43-68-44-45-70-56(47-14-4-1-5-15-47,48-16-6-2-7-17-48)49-18-8-3-9-19-49/h1-23,54H,24-46H2,(H,57,58). The van der Waals surface area contributed by atoms with E-state index in [-0.39, 0.29) is 12.5 Å². The molecule has 0 heterocycles. The third-order valence-electron chi connectivity index (χ3n) is 11.3. The molecule has 5 aromatic carbocycles. The summed E-state index contributed by atoms with van der Waals surface area (Å²) in [5.74, 6) is 0.0317. The van der Waals surface area contributed by atoms with Gasteiger partial charge in [-0.2, -0.15) is 0 Å². The second-order valence-electron chi connectivity index (χ2n) is 16.0. The van der Waals surface area contributed by atoms with Crippen LogP contribution in [0.5, 0.6) is 0 Å². The van der Waals surface area contributed by atoms with Crippen molar-refractivity contribution in [3.63, 3.8) is 0 Å². The molecule has 0 unspecified atom stereocenters. The van der Waals surface area contributed by atoms with Gasteiger partial charge in [0.1, 0.15) is 12.2 Å². The van der Waals surface area contributed by atoms with Gasteiger partial charge in [-0.1, -0.05) is 140 Å². The number of hydrogen-bond donors (Lipinski definition) is 1. The lowest BCUT2D eigenvalue weighted by Gasteiger charge is -2.36. The fourth-order valence-electron chi connectivity index (χ4n) is 7.98. The normalized spacial score (nSPS) is 12.2. The molecule has 1 N–H and O–H groups in total. The molecule has 0 aromatic heterocycles. The van der Waals surface area contributed by atoms with Gasteiger partial charge in [0.2, 0.25) is 0 Å². The van der Waals surface area contributed by atoms with Crippen LogP contribution in [0.3, 0.4) is 0 Å². The molecule has 378 valence electrons. The van der Waals surface area contributed by atoms with Crippen LogP contribution in [0.25, 0.3) is 11.1 Å². The molecule has 70 heavy (non-hydrogen) atoms. The Morgan fingerprint density at radius 2 is 0.643 bits per heavy atom. The summed E-state index contributed by atoms with van der Waals surface area (Å²) < 4.78 is 68.3. The fourth-order valence-corrected chi connectivity index (χ4v) is 7.98. The Morgan fingerprint density at radius 1 is 0.357 bits per heavy atom. The van der Waals surface area contributed by atoms with E-state index in [1.54, 1.807) is 0 Å². The van der Waals surface area contributed by atoms with E-state index in [4.69, 9.17) is 56.8 Å². The van der Waals surface area contributed by atoms with Crippen LogP contribution in [-0.4, -0.2) is 158 Å². The maximum Gasteiger partial charge on any atom is 0.407 e. The topological polar surface area (TPSA) is 140 Å². The molecule has 5 aromatic rings. The lowest BCUT2D eigenvalue weighted by molar-refractivity contribution is -0.0399. The number of ether oxygens (including phenoxy) is 12. The Bertz CT molecular complexity index is 1970. The van der Waals surface area contributed by atoms with Gasteiger partial charge in [0.05, 0.1) is 139 Å². The molecule has 0 radical (unpaired) electrons. The van der Waals surface area contributed by atoms with E-state index in [0.717, 1.165) is 16.7 Å². The molecule has 14 heteroatoms. The number of nitrogens with one attached hydrogen (secondary N) is 1. The predicted molar refractivity (Wildman–Crippen MR) is 266 cm³/mol. The van der Waals surface area contributed by atoms with Gasteiger partial charge in [0.15, 0.2) is 0 Å². The Kier molecular flexibility index (Phi) is 26.0. The number of alkyl carbamates (subject to hydrolysis) is 1. The highest BCUT2D eigenvalue weighted by atomic mass is 16.6. The highest BCUT2D eigenvalue weighted by molar-refractivity contribution is 5.79. The van der Waals surface area contributed by atoms with Crippen molar-refractivity contribution in [2.45, 2.75) is 11.5 Å². The van der Waals surface area contributed by atoms with Gasteiger partial charge in [-0.15, -0.1) is 0 Å². The van der Waals surface area contributed by atoms with Crippen LogP contribution >= 0.6 is 0 Å². The third-order valence-corrected chi connectivity index (χ3v) is 11.3. The van der Waals surface area contributed by atoms with Gasteiger partial charge in [0, 0.05) is 12.5 Å². The van der Waals surface area contributed by atoms with Crippen LogP contribution in [0.1, 0.15) is 33.7 Å². The van der Waals surface area contributed by atoms with Crippen LogP contribution in [-0.2, 0) is 62.4 Å². The smallest absolute Gasteiger partial charge is 0.407 e. The van der Waals surface area contributed by atoms with E-state index in [0.29, 0.717) is 145 Å². The number of rotatable bonds is 39. The summed E-state index contributed by atoms with van der Waals surface area (Å²) in [7, 11) is 0. The van der Waals surface area contributed by atoms with Crippen molar-refractivity contribution in [1.29, 1.82) is 0 Å². The second-order valence-corrected chi connectivity index (χ2v) is 16.0. The quantitative estimate of drug-likeness (QED) is 0.0304. The summed E-state index contributed by atoms with van der Waals surface area (Å²) in [5.41, 5.74) is 7.19. The van der Waals surface area contributed by atoms with Gasteiger partial charge in [-0.05, 0) is 38.9 Å². The van der Waals surface area contributed by atoms with E-state index in [9.17, 15) is 4.79 Å². The summed E-state index contributed by atoms with van der Waals surface area (Å²) in [6.45, 7) is 10.3. The van der Waals surface area contributed by atoms with Crippen molar-refractivity contribution in [2.24, 2.45) is 0 Å². The average Bonchev–Trinajstić information content (AvgIpc) is 3.73. The van der Waals surface area contributed by atoms with Crippen molar-refractivity contribution in [3.05, 3.63) is 167 Å². The zero-order valence-corrected chi connectivity index (χ0v) is 40.4. The Hall–Kier alpha value is -5.07. The van der Waals surface area contributed by atoms with Crippen molar-refractivity contribution in [3.8, 4) is 11.1 Å². The molecule has 0 bridgehead atoms. The third kappa shape index (κ3) is 18.6. The molecule has 14 nitrogen and oxygen atoms in total.